The normalized spacial score (nSPS) is 18.3. The summed E-state index contributed by atoms with van der Waals surface area (Å²) in [5.74, 6) is -1.52. The van der Waals surface area contributed by atoms with Crippen molar-refractivity contribution >= 4 is 44.9 Å². The molecule has 31 heavy (non-hydrogen) atoms. The number of amides is 1. The SMILES string of the molecule is O=C(Nc1ccc(Cl)c(F)c1)c1cnn2c1NC(c1ccc(Br)cc1)CC2C(F)(F)F. The number of benzene rings is 2. The number of carbonyl (C=O) groups is 1. The van der Waals surface area contributed by atoms with Gasteiger partial charge in [0, 0.05) is 16.6 Å². The van der Waals surface area contributed by atoms with E-state index in [9.17, 15) is 22.4 Å². The van der Waals surface area contributed by atoms with E-state index in [0.717, 1.165) is 21.4 Å². The summed E-state index contributed by atoms with van der Waals surface area (Å²) in [6, 6.07) is 7.94. The predicted molar refractivity (Wildman–Crippen MR) is 112 cm³/mol. The van der Waals surface area contributed by atoms with Gasteiger partial charge in [0.05, 0.1) is 17.3 Å². The number of nitrogens with one attached hydrogen (secondary N) is 2. The number of nitrogens with zero attached hydrogens (tertiary/aromatic N) is 2. The van der Waals surface area contributed by atoms with Gasteiger partial charge in [0.15, 0.2) is 6.04 Å². The fourth-order valence-corrected chi connectivity index (χ4v) is 3.80. The zero-order valence-electron chi connectivity index (χ0n) is 15.6. The number of fused-ring (bicyclic) bond motifs is 1. The van der Waals surface area contributed by atoms with Crippen LogP contribution in [0.15, 0.2) is 53.1 Å². The van der Waals surface area contributed by atoms with Crippen LogP contribution in [0.5, 0.6) is 0 Å². The summed E-state index contributed by atoms with van der Waals surface area (Å²) in [6.45, 7) is 0. The lowest BCUT2D eigenvalue weighted by Crippen LogP contribution is -2.36. The van der Waals surface area contributed by atoms with Crippen LogP contribution in [0.1, 0.15) is 34.4 Å². The second kappa shape index (κ2) is 8.16. The van der Waals surface area contributed by atoms with Gasteiger partial charge >= 0.3 is 6.18 Å². The molecule has 0 spiro atoms. The van der Waals surface area contributed by atoms with Crippen LogP contribution in [0.3, 0.4) is 0 Å². The molecule has 4 rings (SSSR count). The van der Waals surface area contributed by atoms with Crippen molar-refractivity contribution in [3.63, 3.8) is 0 Å². The molecule has 1 amide bonds. The Morgan fingerprint density at radius 2 is 1.94 bits per heavy atom. The van der Waals surface area contributed by atoms with Crippen molar-refractivity contribution in [2.75, 3.05) is 10.6 Å². The molecule has 1 aromatic heterocycles. The van der Waals surface area contributed by atoms with E-state index in [1.807, 2.05) is 0 Å². The van der Waals surface area contributed by atoms with Gasteiger partial charge in [-0.3, -0.25) is 4.79 Å². The van der Waals surface area contributed by atoms with Crippen LogP contribution in [-0.2, 0) is 0 Å². The lowest BCUT2D eigenvalue weighted by molar-refractivity contribution is -0.173. The summed E-state index contributed by atoms with van der Waals surface area (Å²) in [5, 5.41) is 9.15. The number of hydrogen-bond acceptors (Lipinski definition) is 3. The van der Waals surface area contributed by atoms with Crippen LogP contribution in [0.25, 0.3) is 0 Å². The van der Waals surface area contributed by atoms with Gasteiger partial charge in [-0.2, -0.15) is 18.3 Å². The van der Waals surface area contributed by atoms with Crippen LogP contribution >= 0.6 is 27.5 Å². The highest BCUT2D eigenvalue weighted by Crippen LogP contribution is 2.44. The molecule has 2 N–H and O–H groups in total. The Morgan fingerprint density at radius 1 is 1.23 bits per heavy atom. The number of rotatable bonds is 3. The van der Waals surface area contributed by atoms with Crippen molar-refractivity contribution in [3.05, 3.63) is 75.1 Å². The molecule has 0 saturated heterocycles. The van der Waals surface area contributed by atoms with Gasteiger partial charge in [0.25, 0.3) is 5.91 Å². The summed E-state index contributed by atoms with van der Waals surface area (Å²) in [4.78, 5) is 12.7. The van der Waals surface area contributed by atoms with Crippen LogP contribution in [-0.4, -0.2) is 21.9 Å². The van der Waals surface area contributed by atoms with Crippen molar-refractivity contribution in [2.45, 2.75) is 24.7 Å². The molecule has 1 aliphatic heterocycles. The number of hydrogen-bond donors (Lipinski definition) is 2. The topological polar surface area (TPSA) is 59.0 Å². The highest BCUT2D eigenvalue weighted by Gasteiger charge is 2.47. The maximum absolute atomic E-state index is 13.8. The highest BCUT2D eigenvalue weighted by atomic mass is 79.9. The van der Waals surface area contributed by atoms with E-state index in [4.69, 9.17) is 11.6 Å². The van der Waals surface area contributed by atoms with E-state index in [1.165, 1.54) is 12.1 Å². The molecular formula is C20H14BrClF4N4O. The Morgan fingerprint density at radius 3 is 2.58 bits per heavy atom. The molecule has 2 heterocycles. The van der Waals surface area contributed by atoms with E-state index >= 15 is 0 Å². The standard InChI is InChI=1S/C20H14BrClF4N4O/c21-11-3-1-10(2-4-11)16-8-17(20(24,25)26)30-18(29-16)13(9-27-30)19(31)28-12-5-6-14(22)15(23)7-12/h1-7,9,16-17,29H,8H2,(H,28,31). The lowest BCUT2D eigenvalue weighted by Gasteiger charge is -2.34. The van der Waals surface area contributed by atoms with Gasteiger partial charge in [-0.25, -0.2) is 9.07 Å². The number of carbonyl (C=O) groups excluding carboxylic acids is 1. The average molecular weight is 518 g/mol. The minimum Gasteiger partial charge on any atom is -0.363 e. The smallest absolute Gasteiger partial charge is 0.363 e. The van der Waals surface area contributed by atoms with Gasteiger partial charge in [-0.15, -0.1) is 0 Å². The summed E-state index contributed by atoms with van der Waals surface area (Å²) >= 11 is 8.94. The Bertz CT molecular complexity index is 1130. The first-order valence-electron chi connectivity index (χ1n) is 9.06. The third kappa shape index (κ3) is 4.40. The van der Waals surface area contributed by atoms with Gasteiger partial charge in [-0.05, 0) is 35.9 Å². The van der Waals surface area contributed by atoms with E-state index < -0.39 is 30.0 Å². The molecule has 162 valence electrons. The van der Waals surface area contributed by atoms with E-state index in [1.54, 1.807) is 24.3 Å². The molecule has 3 aromatic rings. The Kier molecular flexibility index (Phi) is 5.69. The average Bonchev–Trinajstić information content (AvgIpc) is 3.14. The Hall–Kier alpha value is -2.59. The highest BCUT2D eigenvalue weighted by molar-refractivity contribution is 9.10. The first-order chi connectivity index (χ1) is 14.6. The van der Waals surface area contributed by atoms with E-state index in [0.29, 0.717) is 5.56 Å². The summed E-state index contributed by atoms with van der Waals surface area (Å²) < 4.78 is 56.5. The van der Waals surface area contributed by atoms with Crippen molar-refractivity contribution in [1.82, 2.24) is 9.78 Å². The van der Waals surface area contributed by atoms with Crippen LogP contribution < -0.4 is 10.6 Å². The Labute approximate surface area is 187 Å². The lowest BCUT2D eigenvalue weighted by atomic mass is 9.96. The van der Waals surface area contributed by atoms with Crippen LogP contribution in [0.4, 0.5) is 29.1 Å². The first kappa shape index (κ1) is 21.6. The maximum Gasteiger partial charge on any atom is 0.410 e. The summed E-state index contributed by atoms with van der Waals surface area (Å²) in [5.41, 5.74) is 0.655. The van der Waals surface area contributed by atoms with Crippen molar-refractivity contribution in [1.29, 1.82) is 0 Å². The molecule has 11 heteroatoms. The molecule has 5 nitrogen and oxygen atoms in total. The van der Waals surface area contributed by atoms with Crippen molar-refractivity contribution in [3.8, 4) is 0 Å². The van der Waals surface area contributed by atoms with E-state index in [-0.39, 0.29) is 28.5 Å². The van der Waals surface area contributed by atoms with Crippen LogP contribution in [0, 0.1) is 5.82 Å². The molecule has 0 radical (unpaired) electrons. The molecule has 2 unspecified atom stereocenters. The van der Waals surface area contributed by atoms with Gasteiger partial charge < -0.3 is 10.6 Å². The number of aromatic nitrogens is 2. The minimum absolute atomic E-state index is 0.0616. The zero-order valence-corrected chi connectivity index (χ0v) is 17.9. The molecule has 0 bridgehead atoms. The molecule has 0 aliphatic carbocycles. The number of halogens is 6. The molecule has 1 aliphatic rings. The Balaban J connectivity index is 1.68. The van der Waals surface area contributed by atoms with Gasteiger partial charge in [-0.1, -0.05) is 39.7 Å². The molecular weight excluding hydrogens is 504 g/mol. The van der Waals surface area contributed by atoms with Gasteiger partial charge in [0.2, 0.25) is 0 Å². The monoisotopic (exact) mass is 516 g/mol. The second-order valence-electron chi connectivity index (χ2n) is 6.98. The largest absolute Gasteiger partial charge is 0.410 e. The molecule has 2 atom stereocenters. The first-order valence-corrected chi connectivity index (χ1v) is 10.2. The summed E-state index contributed by atoms with van der Waals surface area (Å²) in [6.07, 6.45) is -3.79. The van der Waals surface area contributed by atoms with Crippen LogP contribution in [0.2, 0.25) is 5.02 Å². The minimum atomic E-state index is -4.57. The van der Waals surface area contributed by atoms with Gasteiger partial charge in [0.1, 0.15) is 17.2 Å². The summed E-state index contributed by atoms with van der Waals surface area (Å²) in [7, 11) is 0. The maximum atomic E-state index is 13.8. The molecule has 2 aromatic carbocycles. The molecule has 0 fully saturated rings. The zero-order chi connectivity index (χ0) is 22.3. The number of anilines is 2. The second-order valence-corrected chi connectivity index (χ2v) is 8.30. The van der Waals surface area contributed by atoms with Crippen molar-refractivity contribution < 1.29 is 22.4 Å². The van der Waals surface area contributed by atoms with Crippen molar-refractivity contribution in [2.24, 2.45) is 0 Å². The quantitative estimate of drug-likeness (QED) is 0.398. The van der Waals surface area contributed by atoms with E-state index in [2.05, 4.69) is 31.7 Å². The number of alkyl halides is 3. The molecule has 0 saturated carbocycles. The fourth-order valence-electron chi connectivity index (χ4n) is 3.41. The third-order valence-corrected chi connectivity index (χ3v) is 5.77. The predicted octanol–water partition coefficient (Wildman–Crippen LogP) is 6.35. The fraction of sp³-hybridized carbons (Fsp3) is 0.200. The third-order valence-electron chi connectivity index (χ3n) is 4.93.